The van der Waals surface area contributed by atoms with Gasteiger partial charge in [0.05, 0.1) is 17.4 Å². The maximum Gasteiger partial charge on any atom is 0.148 e. The van der Waals surface area contributed by atoms with Gasteiger partial charge in [0, 0.05) is 26.5 Å². The number of nitrogens with zero attached hydrogens (tertiary/aromatic N) is 2. The molecule has 0 unspecified atom stereocenters. The van der Waals surface area contributed by atoms with Crippen LogP contribution in [0.2, 0.25) is 20.1 Å². The Kier molecular flexibility index (Phi) is 6.35. The summed E-state index contributed by atoms with van der Waals surface area (Å²) in [7, 11) is 0. The van der Waals surface area contributed by atoms with Crippen molar-refractivity contribution in [1.82, 2.24) is 0 Å². The van der Waals surface area contributed by atoms with Gasteiger partial charge < -0.3 is 0 Å². The maximum absolute atomic E-state index is 14.6. The van der Waals surface area contributed by atoms with E-state index in [0.717, 1.165) is 16.8 Å². The number of benzene rings is 3. The number of rotatable bonds is 4. The van der Waals surface area contributed by atoms with Gasteiger partial charge in [-0.25, -0.2) is 4.39 Å². The molecule has 3 aromatic carbocycles. The number of para-hydroxylation sites is 1. The molecule has 4 rings (SSSR count). The van der Waals surface area contributed by atoms with E-state index in [9.17, 15) is 4.39 Å². The van der Waals surface area contributed by atoms with Gasteiger partial charge in [-0.05, 0) is 53.6 Å². The zero-order chi connectivity index (χ0) is 21.3. The third-order valence-corrected chi connectivity index (χ3v) is 5.90. The van der Waals surface area contributed by atoms with Gasteiger partial charge in [0.2, 0.25) is 0 Å². The molecule has 1 aliphatic rings. The summed E-state index contributed by atoms with van der Waals surface area (Å²) in [6, 6.07) is 16.8. The predicted molar refractivity (Wildman–Crippen MR) is 126 cm³/mol. The van der Waals surface area contributed by atoms with Crippen LogP contribution >= 0.6 is 46.4 Å². The van der Waals surface area contributed by atoms with Gasteiger partial charge in [0.15, 0.2) is 0 Å². The molecule has 0 aliphatic carbocycles. The highest BCUT2D eigenvalue weighted by molar-refractivity contribution is 6.36. The molecule has 0 radical (unpaired) electrons. The summed E-state index contributed by atoms with van der Waals surface area (Å²) >= 11 is 24.7. The molecule has 7 heteroatoms. The molecule has 2 nitrogen and oxygen atoms in total. The van der Waals surface area contributed by atoms with E-state index < -0.39 is 0 Å². The van der Waals surface area contributed by atoms with Gasteiger partial charge in [-0.15, -0.1) is 0 Å². The van der Waals surface area contributed by atoms with Crippen molar-refractivity contribution in [3.8, 4) is 0 Å². The third kappa shape index (κ3) is 4.50. The summed E-state index contributed by atoms with van der Waals surface area (Å²) in [4.78, 5) is 0. The van der Waals surface area contributed by atoms with Crippen molar-refractivity contribution in [3.05, 3.63) is 104 Å². The summed E-state index contributed by atoms with van der Waals surface area (Å²) in [6.07, 6.45) is 4.27. The fraction of sp³-hybridized carbons (Fsp3) is 0.0870. The number of hydrazone groups is 1. The van der Waals surface area contributed by atoms with Crippen LogP contribution in [0.1, 0.15) is 23.6 Å². The highest BCUT2D eigenvalue weighted by Crippen LogP contribution is 2.40. The number of halogens is 5. The molecule has 0 amide bonds. The SMILES string of the molecule is Fc1ccccc1N1N=C(/C=C/c2ccc(Cl)cc2Cl)C[C@H]1c1ccc(Cl)cc1Cl. The zero-order valence-electron chi connectivity index (χ0n) is 15.5. The topological polar surface area (TPSA) is 15.6 Å². The second kappa shape index (κ2) is 8.99. The summed E-state index contributed by atoms with van der Waals surface area (Å²) in [5.74, 6) is -0.359. The standard InChI is InChI=1S/C23H15Cl4FN2/c24-15-7-5-14(19(26)11-15)6-9-17-13-23(18-10-8-16(25)12-20(18)27)30(29-17)22-4-2-1-3-21(22)28/h1-12,23H,13H2/b9-6+/t23-/m0/s1. The molecule has 152 valence electrons. The van der Waals surface area contributed by atoms with Crippen LogP contribution < -0.4 is 5.01 Å². The Bertz CT molecular complexity index is 1160. The molecule has 1 heterocycles. The molecular formula is C23H15Cl4FN2. The molecule has 0 saturated heterocycles. The van der Waals surface area contributed by atoms with Crippen molar-refractivity contribution < 1.29 is 4.39 Å². The van der Waals surface area contributed by atoms with Gasteiger partial charge in [-0.2, -0.15) is 5.10 Å². The minimum Gasteiger partial charge on any atom is -0.254 e. The number of hydrogen-bond donors (Lipinski definition) is 0. The maximum atomic E-state index is 14.6. The lowest BCUT2D eigenvalue weighted by molar-refractivity contribution is 0.606. The average molecular weight is 480 g/mol. The normalized spacial score (nSPS) is 16.4. The van der Waals surface area contributed by atoms with Crippen molar-refractivity contribution in [2.75, 3.05) is 5.01 Å². The van der Waals surface area contributed by atoms with Crippen molar-refractivity contribution in [2.45, 2.75) is 12.5 Å². The third-order valence-electron chi connectivity index (χ3n) is 4.77. The Morgan fingerprint density at radius 2 is 1.57 bits per heavy atom. The largest absolute Gasteiger partial charge is 0.254 e. The lowest BCUT2D eigenvalue weighted by atomic mass is 10.0. The second-order valence-corrected chi connectivity index (χ2v) is 8.46. The molecule has 3 aromatic rings. The number of anilines is 1. The summed E-state index contributed by atoms with van der Waals surface area (Å²) in [5, 5.41) is 8.48. The first-order valence-corrected chi connectivity index (χ1v) is 10.6. The van der Waals surface area contributed by atoms with Crippen LogP contribution in [0.25, 0.3) is 6.08 Å². The molecule has 0 aromatic heterocycles. The fourth-order valence-electron chi connectivity index (χ4n) is 3.33. The van der Waals surface area contributed by atoms with Gasteiger partial charge >= 0.3 is 0 Å². The highest BCUT2D eigenvalue weighted by atomic mass is 35.5. The monoisotopic (exact) mass is 478 g/mol. The molecule has 0 bridgehead atoms. The lowest BCUT2D eigenvalue weighted by Gasteiger charge is -2.25. The average Bonchev–Trinajstić information content (AvgIpc) is 3.11. The van der Waals surface area contributed by atoms with Gasteiger partial charge in [0.25, 0.3) is 0 Å². The van der Waals surface area contributed by atoms with Crippen LogP contribution in [0.4, 0.5) is 10.1 Å². The highest BCUT2D eigenvalue weighted by Gasteiger charge is 2.31. The van der Waals surface area contributed by atoms with Crippen LogP contribution in [0.5, 0.6) is 0 Å². The van der Waals surface area contributed by atoms with Crippen LogP contribution in [-0.4, -0.2) is 5.71 Å². The van der Waals surface area contributed by atoms with E-state index in [1.807, 2.05) is 24.3 Å². The molecule has 0 N–H and O–H groups in total. The van der Waals surface area contributed by atoms with Crippen LogP contribution in [0, 0.1) is 5.82 Å². The van der Waals surface area contributed by atoms with E-state index in [1.54, 1.807) is 47.5 Å². The van der Waals surface area contributed by atoms with E-state index in [0.29, 0.717) is 32.2 Å². The fourth-order valence-corrected chi connectivity index (χ4v) is 4.34. The minimum absolute atomic E-state index is 0.271. The quantitative estimate of drug-likeness (QED) is 0.366. The van der Waals surface area contributed by atoms with Crippen molar-refractivity contribution in [3.63, 3.8) is 0 Å². The molecule has 0 saturated carbocycles. The van der Waals surface area contributed by atoms with Gasteiger partial charge in [-0.3, -0.25) is 5.01 Å². The van der Waals surface area contributed by atoms with Crippen molar-refractivity contribution in [1.29, 1.82) is 0 Å². The summed E-state index contributed by atoms with van der Waals surface area (Å²) in [5.41, 5.74) is 2.77. The minimum atomic E-state index is -0.359. The Morgan fingerprint density at radius 1 is 0.867 bits per heavy atom. The summed E-state index contributed by atoms with van der Waals surface area (Å²) in [6.45, 7) is 0. The number of allylic oxidation sites excluding steroid dienone is 1. The first-order valence-electron chi connectivity index (χ1n) is 9.11. The van der Waals surface area contributed by atoms with Gasteiger partial charge in [-0.1, -0.05) is 76.7 Å². The van der Waals surface area contributed by atoms with Crippen molar-refractivity contribution in [2.24, 2.45) is 5.10 Å². The van der Waals surface area contributed by atoms with E-state index in [4.69, 9.17) is 46.4 Å². The lowest BCUT2D eigenvalue weighted by Crippen LogP contribution is -2.20. The van der Waals surface area contributed by atoms with E-state index in [1.165, 1.54) is 6.07 Å². The Labute approximate surface area is 194 Å². The van der Waals surface area contributed by atoms with E-state index in [2.05, 4.69) is 5.10 Å². The van der Waals surface area contributed by atoms with Crippen LogP contribution in [0.15, 0.2) is 71.8 Å². The molecule has 0 fully saturated rings. The predicted octanol–water partition coefficient (Wildman–Crippen LogP) is 8.46. The van der Waals surface area contributed by atoms with Crippen LogP contribution in [0.3, 0.4) is 0 Å². The van der Waals surface area contributed by atoms with E-state index >= 15 is 0 Å². The second-order valence-electron chi connectivity index (χ2n) is 6.77. The van der Waals surface area contributed by atoms with Gasteiger partial charge in [0.1, 0.15) is 5.82 Å². The molecule has 0 spiro atoms. The first kappa shape index (κ1) is 21.2. The zero-order valence-corrected chi connectivity index (χ0v) is 18.5. The molecular weight excluding hydrogens is 465 g/mol. The first-order chi connectivity index (χ1) is 14.4. The number of hydrogen-bond acceptors (Lipinski definition) is 2. The Hall–Kier alpha value is -2.04. The van der Waals surface area contributed by atoms with E-state index in [-0.39, 0.29) is 11.9 Å². The molecule has 30 heavy (non-hydrogen) atoms. The molecule has 1 aliphatic heterocycles. The van der Waals surface area contributed by atoms with Crippen molar-refractivity contribution >= 4 is 63.9 Å². The van der Waals surface area contributed by atoms with Crippen LogP contribution in [-0.2, 0) is 0 Å². The molecule has 1 atom stereocenters. The Balaban J connectivity index is 1.71. The summed E-state index contributed by atoms with van der Waals surface area (Å²) < 4.78 is 14.6. The Morgan fingerprint density at radius 3 is 2.27 bits per heavy atom. The smallest absolute Gasteiger partial charge is 0.148 e.